The second-order valence-corrected chi connectivity index (χ2v) is 6.16. The van der Waals surface area contributed by atoms with Gasteiger partial charge in [0.2, 0.25) is 17.4 Å². The van der Waals surface area contributed by atoms with Gasteiger partial charge in [-0.1, -0.05) is 11.8 Å². The summed E-state index contributed by atoms with van der Waals surface area (Å²) in [7, 11) is 1.46. The van der Waals surface area contributed by atoms with Crippen LogP contribution in [-0.2, 0) is 0 Å². The highest BCUT2D eigenvalue weighted by Crippen LogP contribution is 2.22. The number of rotatable bonds is 4. The highest BCUT2D eigenvalue weighted by molar-refractivity contribution is 6.49. The summed E-state index contributed by atoms with van der Waals surface area (Å²) in [5.74, 6) is -7.43. The van der Waals surface area contributed by atoms with Crippen LogP contribution in [0.5, 0.6) is 5.75 Å². The van der Waals surface area contributed by atoms with Crippen molar-refractivity contribution in [2.45, 2.75) is 0 Å². The summed E-state index contributed by atoms with van der Waals surface area (Å²) in [5, 5.41) is 0. The first-order chi connectivity index (χ1) is 14.7. The minimum absolute atomic E-state index is 0.0302. The van der Waals surface area contributed by atoms with Gasteiger partial charge in [-0.3, -0.25) is 9.59 Å². The number of Topliss-reactive ketones (excluding diaryl/α,β-unsaturated/α-hetero) is 2. The van der Waals surface area contributed by atoms with Gasteiger partial charge in [-0.25, -0.2) is 22.0 Å². The largest absolute Gasteiger partial charge is 0.497 e. The third-order valence-corrected chi connectivity index (χ3v) is 4.25. The lowest BCUT2D eigenvalue weighted by molar-refractivity contribution is 0.0817. The average Bonchev–Trinajstić information content (AvgIpc) is 2.81. The molecule has 0 aliphatic carbocycles. The van der Waals surface area contributed by atoms with Crippen molar-refractivity contribution >= 4 is 11.6 Å². The van der Waals surface area contributed by atoms with E-state index in [-0.39, 0.29) is 16.7 Å². The molecule has 0 bridgehead atoms. The minimum Gasteiger partial charge on any atom is -0.497 e. The van der Waals surface area contributed by atoms with Crippen LogP contribution in [0.2, 0.25) is 0 Å². The van der Waals surface area contributed by atoms with Crippen molar-refractivity contribution in [3.05, 3.63) is 99.9 Å². The van der Waals surface area contributed by atoms with Gasteiger partial charge in [0.25, 0.3) is 0 Å². The van der Waals surface area contributed by atoms with E-state index >= 15 is 0 Å². The van der Waals surface area contributed by atoms with Gasteiger partial charge < -0.3 is 4.74 Å². The smallest absolute Gasteiger partial charge is 0.233 e. The molecule has 0 fully saturated rings. The zero-order valence-electron chi connectivity index (χ0n) is 15.7. The van der Waals surface area contributed by atoms with E-state index in [9.17, 15) is 31.5 Å². The molecule has 0 saturated heterocycles. The Morgan fingerprint density at radius 2 is 1.06 bits per heavy atom. The van der Waals surface area contributed by atoms with Crippen LogP contribution in [0.25, 0.3) is 0 Å². The molecule has 0 saturated carbocycles. The van der Waals surface area contributed by atoms with Crippen molar-refractivity contribution in [2.24, 2.45) is 0 Å². The summed E-state index contributed by atoms with van der Waals surface area (Å²) in [4.78, 5) is 24.7. The summed E-state index contributed by atoms with van der Waals surface area (Å²) in [6, 6.07) is 11.0. The quantitative estimate of drug-likeness (QED) is 0.148. The maximum absolute atomic E-state index is 13.7. The molecular formula is C23H11F5O3. The van der Waals surface area contributed by atoms with E-state index in [1.54, 1.807) is 0 Å². The zero-order chi connectivity index (χ0) is 22.7. The number of carbonyl (C=O) groups excluding carboxylic acids is 2. The van der Waals surface area contributed by atoms with Gasteiger partial charge in [-0.2, -0.15) is 0 Å². The molecule has 156 valence electrons. The lowest BCUT2D eigenvalue weighted by Gasteiger charge is -2.03. The maximum atomic E-state index is 13.7. The lowest BCUT2D eigenvalue weighted by atomic mass is 10.0. The Morgan fingerprint density at radius 3 is 1.52 bits per heavy atom. The third kappa shape index (κ3) is 4.31. The fourth-order valence-corrected chi connectivity index (χ4v) is 2.56. The van der Waals surface area contributed by atoms with Crippen LogP contribution in [0.4, 0.5) is 22.0 Å². The number of carbonyl (C=O) groups is 2. The van der Waals surface area contributed by atoms with Gasteiger partial charge in [0, 0.05) is 16.7 Å². The van der Waals surface area contributed by atoms with E-state index in [1.165, 1.54) is 55.6 Å². The predicted octanol–water partition coefficient (Wildman–Crippen LogP) is 4.86. The standard InChI is InChI=1S/C23H11F5O3/c1-31-15-9-7-14(8-10-15)23(30)22(29)13-5-2-12(3-6-13)4-11-16-17(24)19(26)21(28)20(27)18(16)25/h2-3,5-10H,1H3. The predicted molar refractivity (Wildman–Crippen MR) is 100 cm³/mol. The third-order valence-electron chi connectivity index (χ3n) is 4.25. The fraction of sp³-hybridized carbons (Fsp3) is 0.0435. The normalized spacial score (nSPS) is 10.3. The number of ether oxygens (including phenoxy) is 1. The number of ketones is 2. The molecule has 0 aromatic heterocycles. The SMILES string of the molecule is COc1ccc(C(=O)C(=O)c2ccc(C#Cc3c(F)c(F)c(F)c(F)c3F)cc2)cc1. The van der Waals surface area contributed by atoms with Crippen LogP contribution in [0, 0.1) is 40.9 Å². The van der Waals surface area contributed by atoms with Gasteiger partial charge in [0.15, 0.2) is 23.3 Å². The molecule has 0 amide bonds. The van der Waals surface area contributed by atoms with E-state index in [0.717, 1.165) is 0 Å². The van der Waals surface area contributed by atoms with Crippen molar-refractivity contribution in [1.82, 2.24) is 0 Å². The number of hydrogen-bond donors (Lipinski definition) is 0. The fourth-order valence-electron chi connectivity index (χ4n) is 2.56. The van der Waals surface area contributed by atoms with Crippen molar-refractivity contribution in [2.75, 3.05) is 7.11 Å². The molecule has 0 radical (unpaired) electrons. The molecule has 3 rings (SSSR count). The second kappa shape index (κ2) is 8.79. The van der Waals surface area contributed by atoms with Crippen LogP contribution in [0.3, 0.4) is 0 Å². The van der Waals surface area contributed by atoms with Crippen molar-refractivity contribution in [3.63, 3.8) is 0 Å². The van der Waals surface area contributed by atoms with E-state index < -0.39 is 46.2 Å². The number of halogens is 5. The molecule has 0 spiro atoms. The minimum atomic E-state index is -2.27. The summed E-state index contributed by atoms with van der Waals surface area (Å²) in [6.07, 6.45) is 0. The van der Waals surface area contributed by atoms with Crippen LogP contribution in [0.15, 0.2) is 48.5 Å². The summed E-state index contributed by atoms with van der Waals surface area (Å²) in [6.45, 7) is 0. The average molecular weight is 430 g/mol. The monoisotopic (exact) mass is 430 g/mol. The highest BCUT2D eigenvalue weighted by atomic mass is 19.2. The Balaban J connectivity index is 1.83. The van der Waals surface area contributed by atoms with Gasteiger partial charge in [0.1, 0.15) is 11.3 Å². The number of benzene rings is 3. The van der Waals surface area contributed by atoms with Crippen molar-refractivity contribution in [1.29, 1.82) is 0 Å². The van der Waals surface area contributed by atoms with E-state index in [2.05, 4.69) is 5.92 Å². The topological polar surface area (TPSA) is 43.4 Å². The Bertz CT molecular complexity index is 1210. The first kappa shape index (κ1) is 21.7. The van der Waals surface area contributed by atoms with Crippen molar-refractivity contribution in [3.8, 4) is 17.6 Å². The van der Waals surface area contributed by atoms with E-state index in [4.69, 9.17) is 4.74 Å². The Labute approximate surface area is 173 Å². The molecule has 0 N–H and O–H groups in total. The molecule has 0 unspecified atom stereocenters. The molecule has 8 heteroatoms. The molecule has 0 heterocycles. The van der Waals surface area contributed by atoms with Crippen LogP contribution in [-0.4, -0.2) is 18.7 Å². The molecule has 3 nitrogen and oxygen atoms in total. The van der Waals surface area contributed by atoms with Gasteiger partial charge in [-0.15, -0.1) is 0 Å². The molecule has 3 aromatic carbocycles. The molecule has 31 heavy (non-hydrogen) atoms. The lowest BCUT2D eigenvalue weighted by Crippen LogP contribution is -2.14. The Kier molecular flexibility index (Phi) is 6.16. The molecule has 0 aliphatic rings. The van der Waals surface area contributed by atoms with E-state index in [0.29, 0.717) is 5.75 Å². The highest BCUT2D eigenvalue weighted by Gasteiger charge is 2.24. The summed E-state index contributed by atoms with van der Waals surface area (Å²) >= 11 is 0. The van der Waals surface area contributed by atoms with Gasteiger partial charge >= 0.3 is 0 Å². The molecular weight excluding hydrogens is 419 g/mol. The second-order valence-electron chi connectivity index (χ2n) is 6.16. The Hall–Kier alpha value is -3.99. The first-order valence-electron chi connectivity index (χ1n) is 8.61. The molecule has 0 aliphatic heterocycles. The summed E-state index contributed by atoms with van der Waals surface area (Å²) in [5.41, 5.74) is -0.966. The van der Waals surface area contributed by atoms with Gasteiger partial charge in [0.05, 0.1) is 7.11 Å². The first-order valence-corrected chi connectivity index (χ1v) is 8.61. The van der Waals surface area contributed by atoms with Crippen LogP contribution >= 0.6 is 0 Å². The Morgan fingerprint density at radius 1 is 0.645 bits per heavy atom. The molecule has 3 aromatic rings. The number of methoxy groups -OCH3 is 1. The van der Waals surface area contributed by atoms with Gasteiger partial charge in [-0.05, 0) is 48.5 Å². The van der Waals surface area contributed by atoms with Crippen LogP contribution < -0.4 is 4.74 Å². The zero-order valence-corrected chi connectivity index (χ0v) is 15.7. The van der Waals surface area contributed by atoms with E-state index in [1.807, 2.05) is 5.92 Å². The summed E-state index contributed by atoms with van der Waals surface area (Å²) < 4.78 is 71.8. The maximum Gasteiger partial charge on any atom is 0.233 e. The van der Waals surface area contributed by atoms with Crippen LogP contribution in [0.1, 0.15) is 31.8 Å². The molecule has 0 atom stereocenters. The van der Waals surface area contributed by atoms with Crippen molar-refractivity contribution < 1.29 is 36.3 Å². The number of hydrogen-bond acceptors (Lipinski definition) is 3.